The first-order chi connectivity index (χ1) is 12.6. The second kappa shape index (κ2) is 6.16. The number of carbonyl (C=O) groups is 1. The van der Waals surface area contributed by atoms with Crippen molar-refractivity contribution < 1.29 is 4.79 Å². The van der Waals surface area contributed by atoms with E-state index < -0.39 is 5.92 Å². The third kappa shape index (κ3) is 2.47. The Morgan fingerprint density at radius 3 is 2.58 bits per heavy atom. The molecule has 1 amide bonds. The number of hydrogen-bond acceptors (Lipinski definition) is 3. The van der Waals surface area contributed by atoms with Crippen molar-refractivity contribution in [3.05, 3.63) is 77.0 Å². The zero-order chi connectivity index (χ0) is 18.3. The molecule has 0 saturated heterocycles. The number of anilines is 1. The molecule has 0 bridgehead atoms. The smallest absolute Gasteiger partial charge is 0.243 e. The summed E-state index contributed by atoms with van der Waals surface area (Å²) in [6.45, 7) is 3.93. The van der Waals surface area contributed by atoms with Gasteiger partial charge in [-0.25, -0.2) is 4.68 Å². The quantitative estimate of drug-likeness (QED) is 0.772. The number of aryl methyl sites for hydroxylation is 2. The Balaban J connectivity index is 1.96. The SMILES string of the molecule is Cc1cccc(C2c3c(C)nn(-c4ccccc4)c3NC(=O)C2C#N)c1. The molecule has 2 unspecified atom stereocenters. The number of hydrogen-bond donors (Lipinski definition) is 1. The predicted octanol–water partition coefficient (Wildman–Crippen LogP) is 3.71. The second-order valence-corrected chi connectivity index (χ2v) is 6.58. The Kier molecular flexibility index (Phi) is 3.81. The standard InChI is InChI=1S/C21H18N4O/c1-13-7-6-8-15(11-13)19-17(12-22)21(26)23-20-18(19)14(2)24-25(20)16-9-4-3-5-10-16/h3-11,17,19H,1-2H3,(H,23,26). The maximum absolute atomic E-state index is 12.7. The molecule has 128 valence electrons. The number of amides is 1. The van der Waals surface area contributed by atoms with E-state index in [1.165, 1.54) is 0 Å². The summed E-state index contributed by atoms with van der Waals surface area (Å²) >= 11 is 0. The summed E-state index contributed by atoms with van der Waals surface area (Å²) in [5.74, 6) is -0.752. The minimum Gasteiger partial charge on any atom is -0.309 e. The van der Waals surface area contributed by atoms with Crippen LogP contribution < -0.4 is 5.32 Å². The lowest BCUT2D eigenvalue weighted by molar-refractivity contribution is -0.119. The average molecular weight is 342 g/mol. The van der Waals surface area contributed by atoms with Crippen LogP contribution in [0.1, 0.15) is 28.3 Å². The Labute approximate surface area is 151 Å². The van der Waals surface area contributed by atoms with Crippen LogP contribution in [-0.2, 0) is 4.79 Å². The highest BCUT2D eigenvalue weighted by Crippen LogP contribution is 2.43. The van der Waals surface area contributed by atoms with Crippen LogP contribution in [0.4, 0.5) is 5.82 Å². The molecule has 0 radical (unpaired) electrons. The van der Waals surface area contributed by atoms with Crippen molar-refractivity contribution in [1.82, 2.24) is 9.78 Å². The molecule has 5 heteroatoms. The molecule has 2 heterocycles. The van der Waals surface area contributed by atoms with Gasteiger partial charge in [0.25, 0.3) is 0 Å². The van der Waals surface area contributed by atoms with Gasteiger partial charge in [0.2, 0.25) is 5.91 Å². The third-order valence-corrected chi connectivity index (χ3v) is 4.82. The molecule has 26 heavy (non-hydrogen) atoms. The van der Waals surface area contributed by atoms with Gasteiger partial charge >= 0.3 is 0 Å². The number of carbonyl (C=O) groups excluding carboxylic acids is 1. The van der Waals surface area contributed by atoms with Gasteiger partial charge in [-0.1, -0.05) is 48.0 Å². The minimum atomic E-state index is -0.781. The van der Waals surface area contributed by atoms with Crippen molar-refractivity contribution >= 4 is 11.7 Å². The second-order valence-electron chi connectivity index (χ2n) is 6.58. The first-order valence-corrected chi connectivity index (χ1v) is 8.52. The van der Waals surface area contributed by atoms with E-state index in [0.29, 0.717) is 5.82 Å². The highest BCUT2D eigenvalue weighted by Gasteiger charge is 2.41. The molecule has 4 rings (SSSR count). The molecule has 0 saturated carbocycles. The van der Waals surface area contributed by atoms with Gasteiger partial charge in [0, 0.05) is 11.5 Å². The Bertz CT molecular complexity index is 1030. The van der Waals surface area contributed by atoms with Gasteiger partial charge in [-0.2, -0.15) is 10.4 Å². The van der Waals surface area contributed by atoms with Crippen LogP contribution >= 0.6 is 0 Å². The molecule has 0 spiro atoms. The Morgan fingerprint density at radius 2 is 1.88 bits per heavy atom. The van der Waals surface area contributed by atoms with Gasteiger partial charge in [-0.15, -0.1) is 0 Å². The van der Waals surface area contributed by atoms with E-state index >= 15 is 0 Å². The van der Waals surface area contributed by atoms with Crippen LogP contribution in [-0.4, -0.2) is 15.7 Å². The summed E-state index contributed by atoms with van der Waals surface area (Å²) in [7, 11) is 0. The molecule has 1 aromatic heterocycles. The zero-order valence-electron chi connectivity index (χ0n) is 14.6. The number of benzene rings is 2. The zero-order valence-corrected chi connectivity index (χ0v) is 14.6. The number of nitrogens with one attached hydrogen (secondary N) is 1. The molecule has 0 aliphatic carbocycles. The van der Waals surface area contributed by atoms with Crippen LogP contribution in [0.25, 0.3) is 5.69 Å². The number of fused-ring (bicyclic) bond motifs is 1. The summed E-state index contributed by atoms with van der Waals surface area (Å²) in [6, 6.07) is 19.9. The van der Waals surface area contributed by atoms with Crippen molar-refractivity contribution in [1.29, 1.82) is 5.26 Å². The molecular formula is C21H18N4O. The van der Waals surface area contributed by atoms with Gasteiger partial charge in [0.15, 0.2) is 0 Å². The molecule has 1 aliphatic heterocycles. The first kappa shape index (κ1) is 16.1. The maximum atomic E-state index is 12.7. The van der Waals surface area contributed by atoms with E-state index in [-0.39, 0.29) is 11.8 Å². The normalized spacial score (nSPS) is 18.7. The number of aromatic nitrogens is 2. The van der Waals surface area contributed by atoms with E-state index in [2.05, 4.69) is 16.5 Å². The molecule has 1 N–H and O–H groups in total. The number of nitrogens with zero attached hydrogens (tertiary/aromatic N) is 3. The summed E-state index contributed by atoms with van der Waals surface area (Å²) in [6.07, 6.45) is 0. The van der Waals surface area contributed by atoms with Crippen LogP contribution in [0.5, 0.6) is 0 Å². The Morgan fingerprint density at radius 1 is 1.12 bits per heavy atom. The van der Waals surface area contributed by atoms with Crippen LogP contribution in [0.2, 0.25) is 0 Å². The summed E-state index contributed by atoms with van der Waals surface area (Å²) in [4.78, 5) is 12.7. The minimum absolute atomic E-state index is 0.288. The van der Waals surface area contributed by atoms with E-state index in [1.807, 2.05) is 68.4 Å². The van der Waals surface area contributed by atoms with Crippen molar-refractivity contribution in [3.8, 4) is 11.8 Å². The van der Waals surface area contributed by atoms with E-state index in [0.717, 1.165) is 28.1 Å². The average Bonchev–Trinajstić information content (AvgIpc) is 2.97. The monoisotopic (exact) mass is 342 g/mol. The number of rotatable bonds is 2. The van der Waals surface area contributed by atoms with Gasteiger partial charge in [-0.05, 0) is 31.5 Å². The van der Waals surface area contributed by atoms with Gasteiger partial charge in [-0.3, -0.25) is 4.79 Å². The summed E-state index contributed by atoms with van der Waals surface area (Å²) < 4.78 is 1.75. The van der Waals surface area contributed by atoms with Crippen molar-refractivity contribution in [3.63, 3.8) is 0 Å². The van der Waals surface area contributed by atoms with E-state index in [1.54, 1.807) is 4.68 Å². The van der Waals surface area contributed by atoms with E-state index in [4.69, 9.17) is 0 Å². The molecular weight excluding hydrogens is 324 g/mol. The highest BCUT2D eigenvalue weighted by molar-refractivity contribution is 5.98. The van der Waals surface area contributed by atoms with Crippen LogP contribution in [0.3, 0.4) is 0 Å². The fourth-order valence-corrected chi connectivity index (χ4v) is 3.66. The maximum Gasteiger partial charge on any atom is 0.243 e. The number of nitriles is 1. The molecule has 1 aliphatic rings. The largest absolute Gasteiger partial charge is 0.309 e. The first-order valence-electron chi connectivity index (χ1n) is 8.52. The lowest BCUT2D eigenvalue weighted by Crippen LogP contribution is -2.34. The van der Waals surface area contributed by atoms with Gasteiger partial charge < -0.3 is 5.32 Å². The fraction of sp³-hybridized carbons (Fsp3) is 0.190. The topological polar surface area (TPSA) is 70.7 Å². The predicted molar refractivity (Wildman–Crippen MR) is 99.1 cm³/mol. The summed E-state index contributed by atoms with van der Waals surface area (Å²) in [5, 5.41) is 17.2. The molecule has 5 nitrogen and oxygen atoms in total. The van der Waals surface area contributed by atoms with E-state index in [9.17, 15) is 10.1 Å². The van der Waals surface area contributed by atoms with Crippen molar-refractivity contribution in [2.24, 2.45) is 5.92 Å². The third-order valence-electron chi connectivity index (χ3n) is 4.82. The van der Waals surface area contributed by atoms with Crippen molar-refractivity contribution in [2.45, 2.75) is 19.8 Å². The van der Waals surface area contributed by atoms with Crippen molar-refractivity contribution in [2.75, 3.05) is 5.32 Å². The van der Waals surface area contributed by atoms with Crippen LogP contribution in [0, 0.1) is 31.1 Å². The van der Waals surface area contributed by atoms with Crippen LogP contribution in [0.15, 0.2) is 54.6 Å². The molecule has 2 atom stereocenters. The molecule has 0 fully saturated rings. The Hall–Kier alpha value is -3.39. The summed E-state index contributed by atoms with van der Waals surface area (Å²) in [5.41, 5.74) is 4.65. The molecule has 3 aromatic rings. The lowest BCUT2D eigenvalue weighted by Gasteiger charge is -2.28. The highest BCUT2D eigenvalue weighted by atomic mass is 16.2. The lowest BCUT2D eigenvalue weighted by atomic mass is 9.78. The molecule has 2 aromatic carbocycles. The fourth-order valence-electron chi connectivity index (χ4n) is 3.66. The van der Waals surface area contributed by atoms with Gasteiger partial charge in [0.05, 0.1) is 17.5 Å². The van der Waals surface area contributed by atoms with Gasteiger partial charge in [0.1, 0.15) is 11.7 Å². The number of para-hydroxylation sites is 1.